The van der Waals surface area contributed by atoms with Crippen molar-refractivity contribution in [3.8, 4) is 5.75 Å². The maximum absolute atomic E-state index is 5.74. The molecule has 1 aromatic carbocycles. The van der Waals surface area contributed by atoms with Gasteiger partial charge in [0.1, 0.15) is 5.75 Å². The summed E-state index contributed by atoms with van der Waals surface area (Å²) in [5, 5.41) is 0. The molecule has 0 spiro atoms. The normalized spacial score (nSPS) is 12.2. The van der Waals surface area contributed by atoms with E-state index >= 15 is 0 Å². The number of nitrogens with zero attached hydrogens (tertiary/aromatic N) is 1. The molecule has 0 fully saturated rings. The maximum Gasteiger partial charge on any atom is 0.124 e. The van der Waals surface area contributed by atoms with Gasteiger partial charge in [-0.25, -0.2) is 5.43 Å². The van der Waals surface area contributed by atoms with Crippen molar-refractivity contribution in [2.75, 3.05) is 7.11 Å². The zero-order valence-electron chi connectivity index (χ0n) is 11.3. The van der Waals surface area contributed by atoms with E-state index in [4.69, 9.17) is 10.6 Å². The molecule has 100 valence electrons. The molecule has 0 aliphatic rings. The molecule has 0 radical (unpaired) electrons. The van der Waals surface area contributed by atoms with E-state index in [2.05, 4.69) is 23.4 Å². The minimum atomic E-state index is -0.174. The number of nitrogens with one attached hydrogen (secondary N) is 1. The van der Waals surface area contributed by atoms with E-state index in [9.17, 15) is 0 Å². The van der Waals surface area contributed by atoms with Crippen molar-refractivity contribution in [1.82, 2.24) is 10.4 Å². The number of para-hydroxylation sites is 1. The fourth-order valence-corrected chi connectivity index (χ4v) is 2.23. The quantitative estimate of drug-likeness (QED) is 0.637. The predicted octanol–water partition coefficient (Wildman–Crippen LogP) is 2.21. The van der Waals surface area contributed by atoms with Crippen LogP contribution in [0.15, 0.2) is 42.6 Å². The molecule has 0 aliphatic heterocycles. The third-order valence-electron chi connectivity index (χ3n) is 3.20. The van der Waals surface area contributed by atoms with Crippen LogP contribution >= 0.6 is 0 Å². The van der Waals surface area contributed by atoms with Crippen molar-refractivity contribution in [3.05, 3.63) is 59.4 Å². The zero-order valence-corrected chi connectivity index (χ0v) is 11.3. The smallest absolute Gasteiger partial charge is 0.124 e. The van der Waals surface area contributed by atoms with Gasteiger partial charge in [-0.15, -0.1) is 0 Å². The summed E-state index contributed by atoms with van der Waals surface area (Å²) in [5.41, 5.74) is 5.95. The summed E-state index contributed by atoms with van der Waals surface area (Å²) in [6.07, 6.45) is 2.70. The minimum absolute atomic E-state index is 0.174. The van der Waals surface area contributed by atoms with Crippen LogP contribution in [0, 0.1) is 0 Å². The van der Waals surface area contributed by atoms with Crippen LogP contribution in [-0.4, -0.2) is 12.1 Å². The first kappa shape index (κ1) is 13.5. The molecule has 1 atom stereocenters. The third-order valence-corrected chi connectivity index (χ3v) is 3.20. The van der Waals surface area contributed by atoms with Crippen LogP contribution in [0.1, 0.15) is 29.8 Å². The Kier molecular flexibility index (Phi) is 4.49. The molecule has 4 nitrogen and oxygen atoms in total. The lowest BCUT2D eigenvalue weighted by atomic mass is 9.98. The number of rotatable bonds is 5. The highest BCUT2D eigenvalue weighted by Crippen LogP contribution is 2.29. The zero-order chi connectivity index (χ0) is 13.7. The molecule has 1 aromatic heterocycles. The SMILES string of the molecule is CCc1cccnc1C(NN)c1ccccc1OC. The number of hydrazine groups is 1. The molecule has 0 bridgehead atoms. The van der Waals surface area contributed by atoms with Gasteiger partial charge in [-0.3, -0.25) is 10.8 Å². The van der Waals surface area contributed by atoms with Gasteiger partial charge in [0.05, 0.1) is 18.8 Å². The van der Waals surface area contributed by atoms with Gasteiger partial charge in [-0.1, -0.05) is 31.2 Å². The highest BCUT2D eigenvalue weighted by atomic mass is 16.5. The maximum atomic E-state index is 5.74. The Balaban J connectivity index is 2.50. The van der Waals surface area contributed by atoms with Crippen molar-refractivity contribution in [3.63, 3.8) is 0 Å². The number of hydrogen-bond donors (Lipinski definition) is 2. The lowest BCUT2D eigenvalue weighted by Gasteiger charge is -2.20. The Hall–Kier alpha value is -1.91. The van der Waals surface area contributed by atoms with Crippen LogP contribution in [0.4, 0.5) is 0 Å². The van der Waals surface area contributed by atoms with E-state index in [1.54, 1.807) is 13.3 Å². The molecule has 3 N–H and O–H groups in total. The number of benzene rings is 1. The van der Waals surface area contributed by atoms with Crippen LogP contribution < -0.4 is 16.0 Å². The number of ether oxygens (including phenoxy) is 1. The molecule has 0 saturated heterocycles. The summed E-state index contributed by atoms with van der Waals surface area (Å²) in [6, 6.07) is 11.7. The summed E-state index contributed by atoms with van der Waals surface area (Å²) in [5.74, 6) is 6.54. The monoisotopic (exact) mass is 257 g/mol. The second-order valence-corrected chi connectivity index (χ2v) is 4.24. The summed E-state index contributed by atoms with van der Waals surface area (Å²) >= 11 is 0. The molecule has 0 aliphatic carbocycles. The molecule has 1 heterocycles. The van der Waals surface area contributed by atoms with Crippen LogP contribution in [-0.2, 0) is 6.42 Å². The Bertz CT molecular complexity index is 495. The molecule has 0 saturated carbocycles. The third kappa shape index (κ3) is 2.75. The molecule has 0 amide bonds. The number of nitrogens with two attached hydrogens (primary N) is 1. The first-order chi connectivity index (χ1) is 9.31. The van der Waals surface area contributed by atoms with Crippen molar-refractivity contribution in [2.45, 2.75) is 19.4 Å². The lowest BCUT2D eigenvalue weighted by molar-refractivity contribution is 0.403. The van der Waals surface area contributed by atoms with E-state index in [-0.39, 0.29) is 6.04 Å². The lowest BCUT2D eigenvalue weighted by Crippen LogP contribution is -2.30. The second kappa shape index (κ2) is 6.31. The topological polar surface area (TPSA) is 60.2 Å². The average molecular weight is 257 g/mol. The Labute approximate surface area is 113 Å². The van der Waals surface area contributed by atoms with Gasteiger partial charge in [0.25, 0.3) is 0 Å². The van der Waals surface area contributed by atoms with Gasteiger partial charge < -0.3 is 4.74 Å². The van der Waals surface area contributed by atoms with Gasteiger partial charge in [-0.05, 0) is 24.1 Å². The van der Waals surface area contributed by atoms with Gasteiger partial charge in [0.2, 0.25) is 0 Å². The Morgan fingerprint density at radius 3 is 2.74 bits per heavy atom. The molecule has 2 aromatic rings. The number of methoxy groups -OCH3 is 1. The minimum Gasteiger partial charge on any atom is -0.496 e. The number of pyridine rings is 1. The predicted molar refractivity (Wildman–Crippen MR) is 75.8 cm³/mol. The number of hydrogen-bond acceptors (Lipinski definition) is 4. The second-order valence-electron chi connectivity index (χ2n) is 4.24. The number of aromatic nitrogens is 1. The summed E-state index contributed by atoms with van der Waals surface area (Å²) < 4.78 is 5.40. The van der Waals surface area contributed by atoms with E-state index in [0.717, 1.165) is 23.4 Å². The highest BCUT2D eigenvalue weighted by molar-refractivity contribution is 5.41. The van der Waals surface area contributed by atoms with Gasteiger partial charge in [0.15, 0.2) is 0 Å². The first-order valence-electron chi connectivity index (χ1n) is 6.34. The van der Waals surface area contributed by atoms with Gasteiger partial charge >= 0.3 is 0 Å². The molecule has 4 heteroatoms. The van der Waals surface area contributed by atoms with E-state index in [0.29, 0.717) is 0 Å². The summed E-state index contributed by atoms with van der Waals surface area (Å²) in [4.78, 5) is 4.47. The summed E-state index contributed by atoms with van der Waals surface area (Å²) in [7, 11) is 1.66. The fraction of sp³-hybridized carbons (Fsp3) is 0.267. The van der Waals surface area contributed by atoms with Crippen molar-refractivity contribution >= 4 is 0 Å². The van der Waals surface area contributed by atoms with E-state index in [1.807, 2.05) is 30.3 Å². The Morgan fingerprint density at radius 1 is 1.26 bits per heavy atom. The molecular formula is C15H19N3O. The summed E-state index contributed by atoms with van der Waals surface area (Å²) in [6.45, 7) is 2.11. The first-order valence-corrected chi connectivity index (χ1v) is 6.34. The molecule has 1 unspecified atom stereocenters. The van der Waals surface area contributed by atoms with Crippen molar-refractivity contribution < 1.29 is 4.74 Å². The highest BCUT2D eigenvalue weighted by Gasteiger charge is 2.19. The largest absolute Gasteiger partial charge is 0.496 e. The molecular weight excluding hydrogens is 238 g/mol. The molecule has 19 heavy (non-hydrogen) atoms. The van der Waals surface area contributed by atoms with Crippen LogP contribution in [0.25, 0.3) is 0 Å². The van der Waals surface area contributed by atoms with Crippen LogP contribution in [0.5, 0.6) is 5.75 Å². The standard InChI is InChI=1S/C15H19N3O/c1-3-11-7-6-10-17-14(11)15(18-16)12-8-4-5-9-13(12)19-2/h4-10,15,18H,3,16H2,1-2H3. The van der Waals surface area contributed by atoms with E-state index in [1.165, 1.54) is 5.56 Å². The van der Waals surface area contributed by atoms with E-state index < -0.39 is 0 Å². The van der Waals surface area contributed by atoms with Crippen molar-refractivity contribution in [2.24, 2.45) is 5.84 Å². The van der Waals surface area contributed by atoms with Crippen LogP contribution in [0.2, 0.25) is 0 Å². The number of aryl methyl sites for hydroxylation is 1. The van der Waals surface area contributed by atoms with Crippen molar-refractivity contribution in [1.29, 1.82) is 0 Å². The van der Waals surface area contributed by atoms with Gasteiger partial charge in [-0.2, -0.15) is 0 Å². The molecule has 2 rings (SSSR count). The average Bonchev–Trinajstić information content (AvgIpc) is 2.49. The van der Waals surface area contributed by atoms with Crippen LogP contribution in [0.3, 0.4) is 0 Å². The fourth-order valence-electron chi connectivity index (χ4n) is 2.23. The van der Waals surface area contributed by atoms with Gasteiger partial charge in [0, 0.05) is 11.8 Å². The Morgan fingerprint density at radius 2 is 2.05 bits per heavy atom.